The molecule has 0 aliphatic heterocycles. The molecule has 0 aliphatic carbocycles. The van der Waals surface area contributed by atoms with Gasteiger partial charge in [-0.15, -0.1) is 0 Å². The first-order valence-corrected chi connectivity index (χ1v) is 5.47. The summed E-state index contributed by atoms with van der Waals surface area (Å²) < 4.78 is 5.14. The molecule has 1 unspecified atom stereocenters. The summed E-state index contributed by atoms with van der Waals surface area (Å²) in [6.07, 6.45) is 1.51. The average molecular weight is 224 g/mol. The number of rotatable bonds is 4. The number of nitrogens with one attached hydrogen (secondary N) is 1. The van der Waals surface area contributed by atoms with E-state index in [1.165, 1.54) is 6.26 Å². The van der Waals surface area contributed by atoms with Crippen LogP contribution in [0.1, 0.15) is 36.9 Å². The smallest absolute Gasteiger partial charge is 0.287 e. The lowest BCUT2D eigenvalue weighted by atomic mass is 9.88. The van der Waals surface area contributed by atoms with Crippen molar-refractivity contribution >= 4 is 5.91 Å². The van der Waals surface area contributed by atoms with Crippen LogP contribution in [0.5, 0.6) is 0 Å². The zero-order chi connectivity index (χ0) is 12.3. The second-order valence-electron chi connectivity index (χ2n) is 4.66. The van der Waals surface area contributed by atoms with E-state index in [4.69, 9.17) is 10.2 Å². The van der Waals surface area contributed by atoms with Crippen molar-refractivity contribution in [1.29, 1.82) is 0 Å². The molecule has 1 amide bonds. The second-order valence-corrected chi connectivity index (χ2v) is 4.66. The monoisotopic (exact) mass is 224 g/mol. The van der Waals surface area contributed by atoms with Crippen LogP contribution in [0.25, 0.3) is 0 Å². The predicted octanol–water partition coefficient (Wildman–Crippen LogP) is 1.69. The molecule has 0 aliphatic rings. The third-order valence-corrected chi connectivity index (χ3v) is 3.17. The van der Waals surface area contributed by atoms with Crippen molar-refractivity contribution in [2.75, 3.05) is 6.54 Å². The van der Waals surface area contributed by atoms with Gasteiger partial charge in [0.1, 0.15) is 0 Å². The Labute approximate surface area is 96.2 Å². The van der Waals surface area contributed by atoms with E-state index in [1.54, 1.807) is 6.07 Å². The van der Waals surface area contributed by atoms with Crippen molar-refractivity contribution in [3.63, 3.8) is 0 Å². The van der Waals surface area contributed by atoms with Gasteiger partial charge in [-0.1, -0.05) is 13.8 Å². The van der Waals surface area contributed by atoms with Gasteiger partial charge in [0, 0.05) is 12.1 Å². The van der Waals surface area contributed by atoms with Gasteiger partial charge < -0.3 is 15.5 Å². The molecule has 1 atom stereocenters. The highest BCUT2D eigenvalue weighted by Crippen LogP contribution is 2.17. The van der Waals surface area contributed by atoms with E-state index in [1.807, 2.05) is 27.7 Å². The van der Waals surface area contributed by atoms with E-state index in [-0.39, 0.29) is 11.8 Å². The summed E-state index contributed by atoms with van der Waals surface area (Å²) in [5, 5.41) is 2.93. The second kappa shape index (κ2) is 4.70. The van der Waals surface area contributed by atoms with Gasteiger partial charge in [-0.25, -0.2) is 0 Å². The minimum absolute atomic E-state index is 0.204. The van der Waals surface area contributed by atoms with Gasteiger partial charge in [-0.3, -0.25) is 4.79 Å². The van der Waals surface area contributed by atoms with Gasteiger partial charge in [0.2, 0.25) is 0 Å². The van der Waals surface area contributed by atoms with Crippen molar-refractivity contribution < 1.29 is 9.21 Å². The maximum Gasteiger partial charge on any atom is 0.287 e. The molecule has 4 heteroatoms. The molecule has 1 heterocycles. The van der Waals surface area contributed by atoms with Crippen LogP contribution in [0.15, 0.2) is 16.7 Å². The van der Waals surface area contributed by atoms with Gasteiger partial charge in [-0.2, -0.15) is 0 Å². The molecule has 1 rings (SSSR count). The molecule has 16 heavy (non-hydrogen) atoms. The van der Waals surface area contributed by atoms with E-state index in [2.05, 4.69) is 5.32 Å². The Kier molecular flexibility index (Phi) is 3.75. The van der Waals surface area contributed by atoms with Crippen molar-refractivity contribution in [1.82, 2.24) is 5.32 Å². The predicted molar refractivity (Wildman–Crippen MR) is 63.2 cm³/mol. The summed E-state index contributed by atoms with van der Waals surface area (Å²) in [7, 11) is 0. The Balaban J connectivity index is 2.82. The molecule has 0 saturated carbocycles. The molecule has 1 aromatic heterocycles. The minimum Gasteiger partial charge on any atom is -0.459 e. The lowest BCUT2D eigenvalue weighted by Gasteiger charge is -2.33. The first-order valence-electron chi connectivity index (χ1n) is 5.47. The summed E-state index contributed by atoms with van der Waals surface area (Å²) in [6.45, 7) is 8.24. The van der Waals surface area contributed by atoms with Gasteiger partial charge in [0.25, 0.3) is 5.91 Å². The van der Waals surface area contributed by atoms with Crippen LogP contribution in [0.2, 0.25) is 0 Å². The lowest BCUT2D eigenvalue weighted by molar-refractivity contribution is 0.0853. The first kappa shape index (κ1) is 12.8. The normalized spacial score (nSPS) is 14.9. The summed E-state index contributed by atoms with van der Waals surface area (Å²) >= 11 is 0. The average Bonchev–Trinajstić information content (AvgIpc) is 2.64. The first-order chi connectivity index (χ1) is 7.40. The van der Waals surface area contributed by atoms with Crippen molar-refractivity contribution in [2.24, 2.45) is 11.7 Å². The Bertz CT molecular complexity index is 371. The molecule has 3 N–H and O–H groups in total. The van der Waals surface area contributed by atoms with Crippen molar-refractivity contribution in [3.8, 4) is 0 Å². The van der Waals surface area contributed by atoms with Crippen LogP contribution in [0.3, 0.4) is 0 Å². The molecule has 0 bridgehead atoms. The Hall–Kier alpha value is -1.29. The van der Waals surface area contributed by atoms with Gasteiger partial charge in [-0.05, 0) is 25.8 Å². The number of furan rings is 1. The topological polar surface area (TPSA) is 68.3 Å². The summed E-state index contributed by atoms with van der Waals surface area (Å²) in [5.74, 6) is 0.418. The Morgan fingerprint density at radius 3 is 2.62 bits per heavy atom. The van der Waals surface area contributed by atoms with E-state index in [0.29, 0.717) is 12.3 Å². The molecule has 1 aromatic rings. The molecule has 0 fully saturated rings. The minimum atomic E-state index is -0.406. The molecule has 0 radical (unpaired) electrons. The molecule has 0 aromatic carbocycles. The molecule has 90 valence electrons. The standard InChI is InChI=1S/C12H20N2O2/c1-8(2)12(4,7-13)14-11(15)10-9(3)5-6-16-10/h5-6,8H,7,13H2,1-4H3,(H,14,15). The highest BCUT2D eigenvalue weighted by Gasteiger charge is 2.30. The Morgan fingerprint density at radius 1 is 1.62 bits per heavy atom. The maximum atomic E-state index is 11.9. The fourth-order valence-electron chi connectivity index (χ4n) is 1.35. The SMILES string of the molecule is Cc1ccoc1C(=O)NC(C)(CN)C(C)C. The van der Waals surface area contributed by atoms with Gasteiger partial charge in [0.05, 0.1) is 11.8 Å². The van der Waals surface area contributed by atoms with Crippen LogP contribution >= 0.6 is 0 Å². The van der Waals surface area contributed by atoms with Crippen molar-refractivity contribution in [3.05, 3.63) is 23.7 Å². The lowest BCUT2D eigenvalue weighted by Crippen LogP contribution is -2.55. The number of amides is 1. The van der Waals surface area contributed by atoms with E-state index in [9.17, 15) is 4.79 Å². The highest BCUT2D eigenvalue weighted by atomic mass is 16.3. The van der Waals surface area contributed by atoms with Crippen LogP contribution in [0.4, 0.5) is 0 Å². The number of aryl methyl sites for hydroxylation is 1. The zero-order valence-electron chi connectivity index (χ0n) is 10.3. The van der Waals surface area contributed by atoms with E-state index < -0.39 is 5.54 Å². The number of carbonyl (C=O) groups is 1. The highest BCUT2D eigenvalue weighted by molar-refractivity contribution is 5.93. The fourth-order valence-corrected chi connectivity index (χ4v) is 1.35. The zero-order valence-corrected chi connectivity index (χ0v) is 10.3. The van der Waals surface area contributed by atoms with Crippen molar-refractivity contribution in [2.45, 2.75) is 33.2 Å². The largest absolute Gasteiger partial charge is 0.459 e. The van der Waals surface area contributed by atoms with Gasteiger partial charge in [0.15, 0.2) is 5.76 Å². The molecule has 0 spiro atoms. The molecule has 0 saturated heterocycles. The molecular formula is C12H20N2O2. The molecule has 4 nitrogen and oxygen atoms in total. The van der Waals surface area contributed by atoms with E-state index >= 15 is 0 Å². The quantitative estimate of drug-likeness (QED) is 0.817. The summed E-state index contributed by atoms with van der Waals surface area (Å²) in [4.78, 5) is 11.9. The van der Waals surface area contributed by atoms with Gasteiger partial charge >= 0.3 is 0 Å². The molecular weight excluding hydrogens is 204 g/mol. The summed E-state index contributed by atoms with van der Waals surface area (Å²) in [6, 6.07) is 1.77. The third-order valence-electron chi connectivity index (χ3n) is 3.17. The fraction of sp³-hybridized carbons (Fsp3) is 0.583. The maximum absolute atomic E-state index is 11.9. The van der Waals surface area contributed by atoms with E-state index in [0.717, 1.165) is 5.56 Å². The van der Waals surface area contributed by atoms with Crippen LogP contribution in [-0.2, 0) is 0 Å². The number of nitrogens with two attached hydrogens (primary N) is 1. The number of carbonyl (C=O) groups excluding carboxylic acids is 1. The van der Waals surface area contributed by atoms with Crippen LogP contribution < -0.4 is 11.1 Å². The summed E-state index contributed by atoms with van der Waals surface area (Å²) in [5.41, 5.74) is 6.13. The van der Waals surface area contributed by atoms with Crippen LogP contribution in [0, 0.1) is 12.8 Å². The Morgan fingerprint density at radius 2 is 2.25 bits per heavy atom. The number of hydrogen-bond donors (Lipinski definition) is 2. The number of hydrogen-bond acceptors (Lipinski definition) is 3. The van der Waals surface area contributed by atoms with Crippen LogP contribution in [-0.4, -0.2) is 18.0 Å². The third kappa shape index (κ3) is 2.44.